The lowest BCUT2D eigenvalue weighted by atomic mass is 10.2. The third-order valence-corrected chi connectivity index (χ3v) is 5.49. The summed E-state index contributed by atoms with van der Waals surface area (Å²) in [7, 11) is 1.96. The second-order valence-corrected chi connectivity index (χ2v) is 7.61. The lowest BCUT2D eigenvalue weighted by Crippen LogP contribution is -2.01. The second kappa shape index (κ2) is 8.64. The highest BCUT2D eigenvalue weighted by Crippen LogP contribution is 2.25. The first-order chi connectivity index (χ1) is 15.7. The summed E-state index contributed by atoms with van der Waals surface area (Å²) in [5.41, 5.74) is 7.27. The predicted molar refractivity (Wildman–Crippen MR) is 127 cm³/mol. The standard InChI is InChI=1S/C24H19ClN6O/c1-31-21-9-5-3-7-19(21)22-23(31)27-24(30-28-22)29-26-14-16-10-12-18(13-11-16)32-15-17-6-2-4-8-20(17)25/h2-14H,15H2,1H3,(H,27,29,30)/b26-14+. The monoisotopic (exact) mass is 442 g/mol. The number of rotatable bonds is 6. The van der Waals surface area contributed by atoms with Gasteiger partial charge in [-0.15, -0.1) is 10.2 Å². The van der Waals surface area contributed by atoms with Crippen molar-refractivity contribution in [3.63, 3.8) is 0 Å². The molecule has 2 aromatic heterocycles. The van der Waals surface area contributed by atoms with Gasteiger partial charge in [-0.2, -0.15) is 10.1 Å². The number of nitrogens with zero attached hydrogens (tertiary/aromatic N) is 5. The number of hydrazone groups is 1. The van der Waals surface area contributed by atoms with Crippen molar-refractivity contribution < 1.29 is 4.74 Å². The Hall–Kier alpha value is -3.97. The van der Waals surface area contributed by atoms with Gasteiger partial charge in [0.1, 0.15) is 17.9 Å². The maximum atomic E-state index is 6.16. The lowest BCUT2D eigenvalue weighted by Gasteiger charge is -2.07. The summed E-state index contributed by atoms with van der Waals surface area (Å²) in [6, 6.07) is 23.3. The molecule has 0 fully saturated rings. The van der Waals surface area contributed by atoms with Crippen LogP contribution in [0.25, 0.3) is 22.1 Å². The Morgan fingerprint density at radius 1 is 1.00 bits per heavy atom. The van der Waals surface area contributed by atoms with Crippen LogP contribution < -0.4 is 10.2 Å². The zero-order valence-electron chi connectivity index (χ0n) is 17.2. The van der Waals surface area contributed by atoms with Crippen LogP contribution in [0.5, 0.6) is 5.75 Å². The molecule has 0 atom stereocenters. The van der Waals surface area contributed by atoms with Crippen molar-refractivity contribution >= 4 is 45.8 Å². The Balaban J connectivity index is 1.25. The summed E-state index contributed by atoms with van der Waals surface area (Å²) < 4.78 is 7.80. The van der Waals surface area contributed by atoms with Gasteiger partial charge in [0.05, 0.1) is 11.7 Å². The van der Waals surface area contributed by atoms with Crippen molar-refractivity contribution in [2.75, 3.05) is 5.43 Å². The molecule has 0 unspecified atom stereocenters. The molecule has 5 rings (SSSR count). The quantitative estimate of drug-likeness (QED) is 0.289. The van der Waals surface area contributed by atoms with Crippen LogP contribution in [0.4, 0.5) is 5.95 Å². The SMILES string of the molecule is Cn1c2ccccc2c2nnc(N/N=C/c3ccc(OCc4ccccc4Cl)cc3)nc21. The highest BCUT2D eigenvalue weighted by Gasteiger charge is 2.11. The molecule has 0 spiro atoms. The number of aryl methyl sites for hydroxylation is 1. The summed E-state index contributed by atoms with van der Waals surface area (Å²) in [4.78, 5) is 4.55. The Labute approximate surface area is 189 Å². The summed E-state index contributed by atoms with van der Waals surface area (Å²) >= 11 is 6.16. The van der Waals surface area contributed by atoms with Crippen molar-refractivity contribution in [3.05, 3.63) is 88.9 Å². The van der Waals surface area contributed by atoms with E-state index in [0.29, 0.717) is 17.6 Å². The Kier molecular flexibility index (Phi) is 5.39. The molecule has 1 N–H and O–H groups in total. The Morgan fingerprint density at radius 3 is 2.62 bits per heavy atom. The number of halogens is 1. The van der Waals surface area contributed by atoms with Crippen LogP contribution in [0, 0.1) is 0 Å². The average molecular weight is 443 g/mol. The van der Waals surface area contributed by atoms with Crippen LogP contribution in [0.2, 0.25) is 5.02 Å². The third-order valence-electron chi connectivity index (χ3n) is 5.12. The fourth-order valence-corrected chi connectivity index (χ4v) is 3.64. The molecule has 3 aromatic carbocycles. The number of ether oxygens (including phenoxy) is 1. The van der Waals surface area contributed by atoms with Gasteiger partial charge in [0.25, 0.3) is 5.95 Å². The fourth-order valence-electron chi connectivity index (χ4n) is 3.44. The fraction of sp³-hybridized carbons (Fsp3) is 0.0833. The number of hydrogen-bond donors (Lipinski definition) is 1. The number of fused-ring (bicyclic) bond motifs is 3. The van der Waals surface area contributed by atoms with Crippen LogP contribution in [0.15, 0.2) is 77.9 Å². The second-order valence-electron chi connectivity index (χ2n) is 7.20. The smallest absolute Gasteiger partial charge is 0.265 e. The van der Waals surface area contributed by atoms with Gasteiger partial charge in [-0.1, -0.05) is 48.0 Å². The molecule has 0 aliphatic rings. The van der Waals surface area contributed by atoms with E-state index in [1.165, 1.54) is 0 Å². The van der Waals surface area contributed by atoms with Gasteiger partial charge in [0.2, 0.25) is 0 Å². The van der Waals surface area contributed by atoms with E-state index in [-0.39, 0.29) is 0 Å². The zero-order valence-corrected chi connectivity index (χ0v) is 18.0. The number of benzene rings is 3. The van der Waals surface area contributed by atoms with E-state index < -0.39 is 0 Å². The molecular weight excluding hydrogens is 424 g/mol. The van der Waals surface area contributed by atoms with E-state index in [0.717, 1.165) is 38.9 Å². The third kappa shape index (κ3) is 3.98. The molecule has 158 valence electrons. The molecule has 7 nitrogen and oxygen atoms in total. The number of para-hydroxylation sites is 1. The largest absolute Gasteiger partial charge is 0.489 e. The molecule has 8 heteroatoms. The van der Waals surface area contributed by atoms with Crippen molar-refractivity contribution in [3.8, 4) is 5.75 Å². The molecule has 0 aliphatic heterocycles. The number of hydrogen-bond acceptors (Lipinski definition) is 6. The van der Waals surface area contributed by atoms with Crippen molar-refractivity contribution in [1.29, 1.82) is 0 Å². The van der Waals surface area contributed by atoms with E-state index in [9.17, 15) is 0 Å². The minimum atomic E-state index is 0.333. The number of nitrogens with one attached hydrogen (secondary N) is 1. The minimum absolute atomic E-state index is 0.333. The first-order valence-corrected chi connectivity index (χ1v) is 10.4. The summed E-state index contributed by atoms with van der Waals surface area (Å²) in [5.74, 6) is 1.09. The Bertz CT molecular complexity index is 1430. The molecule has 2 heterocycles. The first kappa shape index (κ1) is 20.0. The van der Waals surface area contributed by atoms with Crippen LogP contribution in [-0.4, -0.2) is 26.0 Å². The molecule has 0 saturated heterocycles. The van der Waals surface area contributed by atoms with Gasteiger partial charge in [0, 0.05) is 23.0 Å². The first-order valence-electron chi connectivity index (χ1n) is 10.0. The zero-order chi connectivity index (χ0) is 21.9. The summed E-state index contributed by atoms with van der Waals surface area (Å²) in [6.07, 6.45) is 1.69. The summed E-state index contributed by atoms with van der Waals surface area (Å²) in [5, 5.41) is 14.4. The van der Waals surface area contributed by atoms with Crippen molar-refractivity contribution in [2.24, 2.45) is 12.1 Å². The van der Waals surface area contributed by atoms with Crippen LogP contribution in [-0.2, 0) is 13.7 Å². The highest BCUT2D eigenvalue weighted by molar-refractivity contribution is 6.31. The van der Waals surface area contributed by atoms with Gasteiger partial charge in [-0.25, -0.2) is 5.43 Å². The van der Waals surface area contributed by atoms with E-state index in [1.807, 2.05) is 84.4 Å². The number of aromatic nitrogens is 4. The topological polar surface area (TPSA) is 77.2 Å². The summed E-state index contributed by atoms with van der Waals surface area (Å²) in [6.45, 7) is 0.412. The van der Waals surface area contributed by atoms with E-state index in [2.05, 4.69) is 25.7 Å². The predicted octanol–water partition coefficient (Wildman–Crippen LogP) is 5.19. The van der Waals surface area contributed by atoms with E-state index >= 15 is 0 Å². The minimum Gasteiger partial charge on any atom is -0.489 e. The molecule has 0 aliphatic carbocycles. The lowest BCUT2D eigenvalue weighted by molar-refractivity contribution is 0.306. The van der Waals surface area contributed by atoms with Gasteiger partial charge in [0.15, 0.2) is 5.65 Å². The number of anilines is 1. The van der Waals surface area contributed by atoms with Crippen LogP contribution in [0.3, 0.4) is 0 Å². The highest BCUT2D eigenvalue weighted by atomic mass is 35.5. The normalized spacial score (nSPS) is 11.4. The maximum Gasteiger partial charge on any atom is 0.265 e. The van der Waals surface area contributed by atoms with Gasteiger partial charge in [-0.05, 0) is 42.0 Å². The van der Waals surface area contributed by atoms with E-state index in [1.54, 1.807) is 6.21 Å². The molecular formula is C24H19ClN6O. The molecule has 0 bridgehead atoms. The van der Waals surface area contributed by atoms with Crippen molar-refractivity contribution in [1.82, 2.24) is 19.7 Å². The molecule has 5 aromatic rings. The Morgan fingerprint density at radius 2 is 1.78 bits per heavy atom. The average Bonchev–Trinajstić information content (AvgIpc) is 3.11. The van der Waals surface area contributed by atoms with Gasteiger partial charge >= 0.3 is 0 Å². The molecule has 0 radical (unpaired) electrons. The van der Waals surface area contributed by atoms with Crippen LogP contribution in [0.1, 0.15) is 11.1 Å². The molecule has 32 heavy (non-hydrogen) atoms. The van der Waals surface area contributed by atoms with Gasteiger partial charge < -0.3 is 9.30 Å². The molecule has 0 amide bonds. The van der Waals surface area contributed by atoms with Crippen LogP contribution >= 0.6 is 11.6 Å². The maximum absolute atomic E-state index is 6.16. The molecule has 0 saturated carbocycles. The van der Waals surface area contributed by atoms with Crippen molar-refractivity contribution in [2.45, 2.75) is 6.61 Å². The van der Waals surface area contributed by atoms with Gasteiger partial charge in [-0.3, -0.25) is 0 Å². The van der Waals surface area contributed by atoms with E-state index in [4.69, 9.17) is 16.3 Å².